The average Bonchev–Trinajstić information content (AvgIpc) is 2.35. The van der Waals surface area contributed by atoms with Gasteiger partial charge in [0, 0.05) is 5.41 Å². The van der Waals surface area contributed by atoms with E-state index in [-0.39, 0.29) is 16.2 Å². The fourth-order valence-electron chi connectivity index (χ4n) is 4.23. The van der Waals surface area contributed by atoms with Crippen molar-refractivity contribution in [3.63, 3.8) is 0 Å². The van der Waals surface area contributed by atoms with Crippen molar-refractivity contribution in [3.05, 3.63) is 53.1 Å². The summed E-state index contributed by atoms with van der Waals surface area (Å²) >= 11 is 0. The minimum Gasteiger partial charge on any atom is -0.0740 e. The van der Waals surface area contributed by atoms with Gasteiger partial charge in [0.2, 0.25) is 0 Å². The lowest BCUT2D eigenvalue weighted by Gasteiger charge is -2.54. The summed E-state index contributed by atoms with van der Waals surface area (Å²) < 4.78 is 0. The molecule has 0 spiro atoms. The summed E-state index contributed by atoms with van der Waals surface area (Å²) in [5, 5.41) is 0. The van der Waals surface area contributed by atoms with Crippen LogP contribution < -0.4 is 0 Å². The van der Waals surface area contributed by atoms with E-state index in [1.54, 1.807) is 0 Å². The predicted octanol–water partition coefficient (Wildman–Crippen LogP) is 6.81. The Morgan fingerprint density at radius 3 is 2.00 bits per heavy atom. The van der Waals surface area contributed by atoms with Crippen LogP contribution in [0.25, 0.3) is 5.57 Å². The minimum absolute atomic E-state index is 0.165. The number of hydrogen-bond donors (Lipinski definition) is 0. The highest BCUT2D eigenvalue weighted by atomic mass is 14.5. The van der Waals surface area contributed by atoms with Crippen LogP contribution in [0.1, 0.15) is 66.0 Å². The van der Waals surface area contributed by atoms with Crippen molar-refractivity contribution < 1.29 is 0 Å². The molecule has 0 N–H and O–H groups in total. The largest absolute Gasteiger partial charge is 0.0740 e. The van der Waals surface area contributed by atoms with Gasteiger partial charge in [0.1, 0.15) is 0 Å². The van der Waals surface area contributed by atoms with E-state index in [0.717, 1.165) is 6.42 Å². The molecule has 0 nitrogen and oxygen atoms in total. The first kappa shape index (κ1) is 17.1. The Labute approximate surface area is 137 Å². The standard InChI is InChI=1S/C22H32/c1-16-10-9-11-18(12-16)19-13-17(2)14-22(15-19,20(3,4)5)21(6,7)8/h9-14H,15H2,1-8H3. The van der Waals surface area contributed by atoms with Gasteiger partial charge >= 0.3 is 0 Å². The van der Waals surface area contributed by atoms with Gasteiger partial charge in [-0.25, -0.2) is 0 Å². The number of aryl methyl sites for hydroxylation is 1. The van der Waals surface area contributed by atoms with E-state index in [2.05, 4.69) is 91.8 Å². The smallest absolute Gasteiger partial charge is 0.00249 e. The summed E-state index contributed by atoms with van der Waals surface area (Å²) in [6.07, 6.45) is 6.03. The molecule has 1 aliphatic rings. The van der Waals surface area contributed by atoms with Crippen molar-refractivity contribution in [2.45, 2.75) is 61.8 Å². The van der Waals surface area contributed by atoms with E-state index in [0.29, 0.717) is 0 Å². The second kappa shape index (κ2) is 5.41. The van der Waals surface area contributed by atoms with Gasteiger partial charge < -0.3 is 0 Å². The van der Waals surface area contributed by atoms with Crippen LogP contribution in [0.4, 0.5) is 0 Å². The van der Waals surface area contributed by atoms with Crippen LogP contribution >= 0.6 is 0 Å². The normalized spacial score (nSPS) is 18.7. The van der Waals surface area contributed by atoms with Crippen molar-refractivity contribution in [1.29, 1.82) is 0 Å². The highest BCUT2D eigenvalue weighted by Gasteiger charge is 2.50. The van der Waals surface area contributed by atoms with Gasteiger partial charge in [-0.05, 0) is 42.2 Å². The Balaban J connectivity index is 2.58. The van der Waals surface area contributed by atoms with E-state index >= 15 is 0 Å². The van der Waals surface area contributed by atoms with Crippen LogP contribution in [0.15, 0.2) is 42.0 Å². The van der Waals surface area contributed by atoms with Gasteiger partial charge in [-0.2, -0.15) is 0 Å². The molecule has 0 saturated heterocycles. The molecular weight excluding hydrogens is 264 g/mol. The highest BCUT2D eigenvalue weighted by Crippen LogP contribution is 2.59. The van der Waals surface area contributed by atoms with Crippen molar-refractivity contribution in [2.75, 3.05) is 0 Å². The Morgan fingerprint density at radius 2 is 1.50 bits per heavy atom. The van der Waals surface area contributed by atoms with Gasteiger partial charge in [0.15, 0.2) is 0 Å². The molecule has 0 fully saturated rings. The summed E-state index contributed by atoms with van der Waals surface area (Å²) in [4.78, 5) is 0. The van der Waals surface area contributed by atoms with Crippen molar-refractivity contribution in [2.24, 2.45) is 16.2 Å². The number of rotatable bonds is 1. The quantitative estimate of drug-likeness (QED) is 0.534. The first-order valence-corrected chi connectivity index (χ1v) is 8.43. The van der Waals surface area contributed by atoms with E-state index in [9.17, 15) is 0 Å². The van der Waals surface area contributed by atoms with Gasteiger partial charge in [-0.1, -0.05) is 89.1 Å². The number of benzene rings is 1. The zero-order chi connectivity index (χ0) is 16.8. The average molecular weight is 296 g/mol. The fraction of sp³-hybridized carbons (Fsp3) is 0.545. The maximum absolute atomic E-state index is 2.53. The van der Waals surface area contributed by atoms with Crippen molar-refractivity contribution in [1.82, 2.24) is 0 Å². The van der Waals surface area contributed by atoms with E-state index in [4.69, 9.17) is 0 Å². The van der Waals surface area contributed by atoms with Gasteiger partial charge in [0.25, 0.3) is 0 Å². The number of hydrogen-bond acceptors (Lipinski definition) is 0. The van der Waals surface area contributed by atoms with Crippen LogP contribution in [-0.2, 0) is 0 Å². The molecule has 0 unspecified atom stereocenters. The van der Waals surface area contributed by atoms with Gasteiger partial charge in [-0.15, -0.1) is 0 Å². The van der Waals surface area contributed by atoms with Crippen LogP contribution in [-0.4, -0.2) is 0 Å². The third-order valence-electron chi connectivity index (χ3n) is 5.41. The molecule has 0 saturated carbocycles. The van der Waals surface area contributed by atoms with E-state index in [1.807, 2.05) is 0 Å². The lowest BCUT2D eigenvalue weighted by atomic mass is 9.50. The zero-order valence-corrected chi connectivity index (χ0v) is 15.7. The Morgan fingerprint density at radius 1 is 0.909 bits per heavy atom. The van der Waals surface area contributed by atoms with Crippen molar-refractivity contribution in [3.8, 4) is 0 Å². The first-order valence-electron chi connectivity index (χ1n) is 8.43. The molecule has 0 atom stereocenters. The Kier molecular flexibility index (Phi) is 4.19. The van der Waals surface area contributed by atoms with Gasteiger partial charge in [0.05, 0.1) is 0 Å². The monoisotopic (exact) mass is 296 g/mol. The van der Waals surface area contributed by atoms with Crippen LogP contribution in [0, 0.1) is 23.2 Å². The molecule has 0 radical (unpaired) electrons. The summed E-state index contributed by atoms with van der Waals surface area (Å²) in [5.41, 5.74) is 6.19. The minimum atomic E-state index is 0.165. The highest BCUT2D eigenvalue weighted by molar-refractivity contribution is 5.71. The third kappa shape index (κ3) is 2.93. The van der Waals surface area contributed by atoms with Crippen LogP contribution in [0.5, 0.6) is 0 Å². The van der Waals surface area contributed by atoms with Crippen LogP contribution in [0.2, 0.25) is 0 Å². The zero-order valence-electron chi connectivity index (χ0n) is 15.7. The molecule has 0 heterocycles. The summed E-state index contributed by atoms with van der Waals surface area (Å²) in [6, 6.07) is 8.93. The molecule has 0 aliphatic heterocycles. The molecule has 0 amide bonds. The molecule has 0 aromatic heterocycles. The maximum atomic E-state index is 2.53. The molecule has 1 aliphatic carbocycles. The summed E-state index contributed by atoms with van der Waals surface area (Å²) in [5.74, 6) is 0. The lowest BCUT2D eigenvalue weighted by molar-refractivity contribution is 0.0207. The molecule has 1 aromatic carbocycles. The second-order valence-corrected chi connectivity index (χ2v) is 9.08. The Bertz CT molecular complexity index is 598. The molecule has 22 heavy (non-hydrogen) atoms. The lowest BCUT2D eigenvalue weighted by Crippen LogP contribution is -2.46. The first-order chi connectivity index (χ1) is 9.96. The Hall–Kier alpha value is -1.30. The summed E-state index contributed by atoms with van der Waals surface area (Å²) in [6.45, 7) is 18.8. The fourth-order valence-corrected chi connectivity index (χ4v) is 4.23. The third-order valence-corrected chi connectivity index (χ3v) is 5.41. The van der Waals surface area contributed by atoms with Crippen molar-refractivity contribution >= 4 is 5.57 Å². The topological polar surface area (TPSA) is 0 Å². The molecule has 1 aromatic rings. The number of allylic oxidation sites excluding steroid dienone is 4. The molecular formula is C22H32. The van der Waals surface area contributed by atoms with Crippen LogP contribution in [0.3, 0.4) is 0 Å². The molecule has 0 bridgehead atoms. The second-order valence-electron chi connectivity index (χ2n) is 9.08. The molecule has 0 heteroatoms. The predicted molar refractivity (Wildman–Crippen MR) is 98.9 cm³/mol. The van der Waals surface area contributed by atoms with Gasteiger partial charge in [-0.3, -0.25) is 0 Å². The SMILES string of the molecule is CC1=CC(C(C)(C)C)(C(C)(C)C)CC(c2cccc(C)c2)=C1. The van der Waals surface area contributed by atoms with E-state index in [1.165, 1.54) is 22.3 Å². The summed E-state index contributed by atoms with van der Waals surface area (Å²) in [7, 11) is 0. The molecule has 120 valence electrons. The van der Waals surface area contributed by atoms with E-state index < -0.39 is 0 Å². The molecule has 2 rings (SSSR count). The maximum Gasteiger partial charge on any atom is 0.00249 e.